The number of thiazole rings is 1. The first-order chi connectivity index (χ1) is 16.0. The summed E-state index contributed by atoms with van der Waals surface area (Å²) in [6.07, 6.45) is -4.84. The Kier molecular flexibility index (Phi) is 5.57. The van der Waals surface area contributed by atoms with Gasteiger partial charge in [-0.2, -0.15) is 5.26 Å². The summed E-state index contributed by atoms with van der Waals surface area (Å²) in [4.78, 5) is 30.4. The Morgan fingerprint density at radius 1 is 1.32 bits per heavy atom. The van der Waals surface area contributed by atoms with Gasteiger partial charge >= 0.3 is 12.3 Å². The van der Waals surface area contributed by atoms with Gasteiger partial charge in [0.1, 0.15) is 11.8 Å². The van der Waals surface area contributed by atoms with Crippen LogP contribution in [0.4, 0.5) is 29.7 Å². The molecule has 0 bridgehead atoms. The van der Waals surface area contributed by atoms with Crippen LogP contribution in [0.25, 0.3) is 10.2 Å². The molecule has 1 aromatic heterocycles. The van der Waals surface area contributed by atoms with E-state index in [1.165, 1.54) is 29.2 Å². The van der Waals surface area contributed by atoms with Gasteiger partial charge in [-0.1, -0.05) is 11.3 Å². The van der Waals surface area contributed by atoms with Crippen LogP contribution in [-0.2, 0) is 9.53 Å². The quantitative estimate of drug-likeness (QED) is 0.443. The molecule has 34 heavy (non-hydrogen) atoms. The Morgan fingerprint density at radius 2 is 2.09 bits per heavy atom. The second kappa shape index (κ2) is 8.27. The molecule has 10 nitrogen and oxygen atoms in total. The van der Waals surface area contributed by atoms with Crippen molar-refractivity contribution in [2.45, 2.75) is 12.1 Å². The van der Waals surface area contributed by atoms with Gasteiger partial charge in [-0.15, -0.1) is 13.2 Å². The molecule has 4 N–H and O–H groups in total. The van der Waals surface area contributed by atoms with Crippen LogP contribution in [0.1, 0.15) is 10.4 Å². The van der Waals surface area contributed by atoms with E-state index in [1.54, 1.807) is 19.2 Å². The second-order valence-corrected chi connectivity index (χ2v) is 8.08. The maximum Gasteiger partial charge on any atom is 0.573 e. The molecule has 0 fully saturated rings. The molecule has 1 amide bonds. The number of benzene rings is 2. The topological polar surface area (TPSA) is 143 Å². The number of anilines is 3. The monoisotopic (exact) mass is 492 g/mol. The van der Waals surface area contributed by atoms with E-state index in [-0.39, 0.29) is 10.7 Å². The Balaban J connectivity index is 1.63. The van der Waals surface area contributed by atoms with Crippen LogP contribution in [-0.4, -0.2) is 42.7 Å². The molecule has 1 aliphatic heterocycles. The van der Waals surface area contributed by atoms with Crippen molar-refractivity contribution in [2.75, 3.05) is 29.2 Å². The summed E-state index contributed by atoms with van der Waals surface area (Å²) in [5, 5.41) is 14.6. The van der Waals surface area contributed by atoms with Crippen LogP contribution < -0.4 is 26.0 Å². The fourth-order valence-corrected chi connectivity index (χ4v) is 4.35. The molecule has 0 aliphatic carbocycles. The summed E-state index contributed by atoms with van der Waals surface area (Å²) in [6, 6.07) is 9.84. The predicted octanol–water partition coefficient (Wildman–Crippen LogP) is 2.99. The highest BCUT2D eigenvalue weighted by atomic mass is 32.1. The number of nitrogens with two attached hydrogens (primary N) is 1. The summed E-state index contributed by atoms with van der Waals surface area (Å²) in [5.74, 6) is -3.66. The molecule has 1 atom stereocenters. The van der Waals surface area contributed by atoms with Crippen molar-refractivity contribution < 1.29 is 32.2 Å². The lowest BCUT2D eigenvalue weighted by atomic mass is 10.2. The lowest BCUT2D eigenvalue weighted by molar-refractivity contribution is -0.274. The number of nitrogens with one attached hydrogen (secondary N) is 2. The highest BCUT2D eigenvalue weighted by Gasteiger charge is 2.48. The first-order valence-corrected chi connectivity index (χ1v) is 10.3. The number of primary amides is 1. The van der Waals surface area contributed by atoms with E-state index >= 15 is 0 Å². The first kappa shape index (κ1) is 22.9. The van der Waals surface area contributed by atoms with Crippen LogP contribution in [0.3, 0.4) is 0 Å². The van der Waals surface area contributed by atoms with Gasteiger partial charge in [-0.05, 0) is 30.3 Å². The Bertz CT molecular complexity index is 1340. The number of aromatic nitrogens is 1. The van der Waals surface area contributed by atoms with Crippen LogP contribution in [0.15, 0.2) is 36.4 Å². The highest BCUT2D eigenvalue weighted by molar-refractivity contribution is 7.22. The minimum Gasteiger partial charge on any atom is -0.447 e. The molecule has 3 aromatic rings. The SMILES string of the molecule is CN1c2ccc(C(=O)OCC#N)cc2NC1(Nc1nc2ccc(OC(F)(F)F)cc2s1)C(N)=O. The third-order valence-electron chi connectivity index (χ3n) is 4.92. The lowest BCUT2D eigenvalue weighted by Crippen LogP contribution is -2.64. The van der Waals surface area contributed by atoms with E-state index in [1.807, 2.05) is 0 Å². The average Bonchev–Trinajstić information content (AvgIpc) is 3.28. The number of esters is 1. The normalized spacial score (nSPS) is 17.0. The predicted molar refractivity (Wildman–Crippen MR) is 116 cm³/mol. The van der Waals surface area contributed by atoms with Crippen LogP contribution in [0.5, 0.6) is 5.75 Å². The molecule has 0 spiro atoms. The number of hydrogen-bond donors (Lipinski definition) is 3. The summed E-state index contributed by atoms with van der Waals surface area (Å²) in [5.41, 5.74) is 7.12. The maximum atomic E-state index is 12.6. The zero-order valence-electron chi connectivity index (χ0n) is 17.3. The van der Waals surface area contributed by atoms with Crippen molar-refractivity contribution in [1.29, 1.82) is 5.26 Å². The third kappa shape index (κ3) is 4.20. The number of ether oxygens (including phenoxy) is 2. The Labute approximate surface area is 193 Å². The van der Waals surface area contributed by atoms with Crippen molar-refractivity contribution in [2.24, 2.45) is 5.73 Å². The largest absolute Gasteiger partial charge is 0.573 e. The average molecular weight is 492 g/mol. The minimum absolute atomic E-state index is 0.146. The summed E-state index contributed by atoms with van der Waals surface area (Å²) < 4.78 is 46.6. The number of likely N-dealkylation sites (N-methyl/N-ethyl adjacent to an activating group) is 1. The third-order valence-corrected chi connectivity index (χ3v) is 5.85. The van der Waals surface area contributed by atoms with Gasteiger partial charge < -0.3 is 30.7 Å². The summed E-state index contributed by atoms with van der Waals surface area (Å²) in [6.45, 7) is -0.413. The number of hydrogen-bond acceptors (Lipinski definition) is 10. The number of nitrogens with zero attached hydrogens (tertiary/aromatic N) is 3. The Hall–Kier alpha value is -4.25. The van der Waals surface area contributed by atoms with Gasteiger partial charge in [0.15, 0.2) is 11.7 Å². The van der Waals surface area contributed by atoms with Crippen LogP contribution in [0, 0.1) is 11.3 Å². The lowest BCUT2D eigenvalue weighted by Gasteiger charge is -2.34. The van der Waals surface area contributed by atoms with Gasteiger partial charge in [0.2, 0.25) is 0 Å². The molecule has 2 aromatic carbocycles. The molecule has 1 unspecified atom stereocenters. The number of amides is 1. The highest BCUT2D eigenvalue weighted by Crippen LogP contribution is 2.41. The zero-order chi connectivity index (χ0) is 24.7. The van der Waals surface area contributed by atoms with Crippen molar-refractivity contribution in [3.8, 4) is 11.8 Å². The van der Waals surface area contributed by atoms with E-state index in [4.69, 9.17) is 15.7 Å². The van der Waals surface area contributed by atoms with Gasteiger partial charge in [0, 0.05) is 13.1 Å². The molecule has 176 valence electrons. The van der Waals surface area contributed by atoms with E-state index in [9.17, 15) is 22.8 Å². The molecular formula is C20H15F3N6O4S. The number of alkyl halides is 3. The summed E-state index contributed by atoms with van der Waals surface area (Å²) in [7, 11) is 1.58. The van der Waals surface area contributed by atoms with E-state index in [0.717, 1.165) is 17.4 Å². The molecule has 0 radical (unpaired) electrons. The van der Waals surface area contributed by atoms with Gasteiger partial charge in [-0.25, -0.2) is 9.78 Å². The number of halogens is 3. The Morgan fingerprint density at radius 3 is 2.76 bits per heavy atom. The first-order valence-electron chi connectivity index (χ1n) is 9.47. The van der Waals surface area contributed by atoms with E-state index < -0.39 is 36.4 Å². The zero-order valence-corrected chi connectivity index (χ0v) is 18.1. The molecule has 14 heteroatoms. The fourth-order valence-electron chi connectivity index (χ4n) is 3.41. The van der Waals surface area contributed by atoms with E-state index in [0.29, 0.717) is 21.6 Å². The van der Waals surface area contributed by atoms with Gasteiger partial charge in [0.25, 0.3) is 11.7 Å². The molecule has 0 saturated heterocycles. The molecule has 4 rings (SSSR count). The van der Waals surface area contributed by atoms with Crippen LogP contribution >= 0.6 is 11.3 Å². The van der Waals surface area contributed by atoms with Crippen molar-refractivity contribution >= 4 is 49.9 Å². The van der Waals surface area contributed by atoms with Gasteiger partial charge in [-0.3, -0.25) is 4.79 Å². The minimum atomic E-state index is -4.84. The second-order valence-electron chi connectivity index (χ2n) is 7.05. The van der Waals surface area contributed by atoms with Crippen LogP contribution in [0.2, 0.25) is 0 Å². The fraction of sp³-hybridized carbons (Fsp3) is 0.200. The van der Waals surface area contributed by atoms with Crippen molar-refractivity contribution in [1.82, 2.24) is 4.98 Å². The molecular weight excluding hydrogens is 477 g/mol. The number of nitriles is 1. The standard InChI is InChI=1S/C20H15F3N6O4S/c1-29-14-5-2-10(16(30)32-7-6-24)8-13(14)27-19(29,17(25)31)28-18-26-12-4-3-11(9-15(12)34-18)33-20(21,22)23/h2-5,8-9,27H,7H2,1H3,(H2,25,31)(H,26,28). The molecule has 1 aliphatic rings. The smallest absolute Gasteiger partial charge is 0.447 e. The number of carbonyl (C=O) groups excluding carboxylic acids is 2. The molecule has 0 saturated carbocycles. The van der Waals surface area contributed by atoms with Crippen molar-refractivity contribution in [3.05, 3.63) is 42.0 Å². The number of carbonyl (C=O) groups is 2. The van der Waals surface area contributed by atoms with E-state index in [2.05, 4.69) is 20.4 Å². The van der Waals surface area contributed by atoms with Crippen molar-refractivity contribution in [3.63, 3.8) is 0 Å². The summed E-state index contributed by atoms with van der Waals surface area (Å²) >= 11 is 0.989. The maximum absolute atomic E-state index is 12.6. The number of fused-ring (bicyclic) bond motifs is 2. The van der Waals surface area contributed by atoms with Gasteiger partial charge in [0.05, 0.1) is 27.2 Å². The molecule has 2 heterocycles. The number of rotatable bonds is 6.